The number of nitrogens with one attached hydrogen (secondary N) is 1. The highest BCUT2D eigenvalue weighted by atomic mass is 16.5. The van der Waals surface area contributed by atoms with E-state index in [4.69, 9.17) is 4.52 Å². The van der Waals surface area contributed by atoms with Gasteiger partial charge in [-0.15, -0.1) is 0 Å². The molecular formula is C23H25N3O2. The fraction of sp³-hybridized carbons (Fsp3) is 0.304. The maximum absolute atomic E-state index is 12.5. The molecule has 0 spiro atoms. The summed E-state index contributed by atoms with van der Waals surface area (Å²) in [7, 11) is 0. The number of hydrogen-bond donors (Lipinski definition) is 1. The molecule has 5 heteroatoms. The molecule has 1 atom stereocenters. The highest BCUT2D eigenvalue weighted by molar-refractivity contribution is 5.78. The number of aromatic nitrogens is 1. The summed E-state index contributed by atoms with van der Waals surface area (Å²) in [5.41, 5.74) is 2.85. The van der Waals surface area contributed by atoms with Crippen molar-refractivity contribution >= 4 is 5.91 Å². The molecule has 0 radical (unpaired) electrons. The summed E-state index contributed by atoms with van der Waals surface area (Å²) in [6.45, 7) is 2.77. The standard InChI is InChI=1S/C23H25N3O2/c27-23(16-20-15-22(28-25-20)19-11-5-2-6-12-19)24-17-21(26-13-7-8-14-26)18-9-3-1-4-10-18/h1-6,9-12,15,21H,7-8,13-14,16-17H2,(H,24,27). The number of benzene rings is 2. The quantitative estimate of drug-likeness (QED) is 0.682. The Kier molecular flexibility index (Phi) is 5.83. The Morgan fingerprint density at radius 2 is 1.71 bits per heavy atom. The highest BCUT2D eigenvalue weighted by Gasteiger charge is 2.24. The molecule has 1 aliphatic rings. The molecule has 2 aromatic carbocycles. The van der Waals surface area contributed by atoms with Crippen molar-refractivity contribution < 1.29 is 9.32 Å². The lowest BCUT2D eigenvalue weighted by atomic mass is 10.1. The maximum Gasteiger partial charge on any atom is 0.226 e. The molecule has 1 fully saturated rings. The largest absolute Gasteiger partial charge is 0.356 e. The second-order valence-corrected chi connectivity index (χ2v) is 7.20. The van der Waals surface area contributed by atoms with Crippen LogP contribution in [0, 0.1) is 0 Å². The third-order valence-corrected chi connectivity index (χ3v) is 5.22. The van der Waals surface area contributed by atoms with Crippen LogP contribution in [0.4, 0.5) is 0 Å². The van der Waals surface area contributed by atoms with E-state index in [0.717, 1.165) is 18.7 Å². The summed E-state index contributed by atoms with van der Waals surface area (Å²) in [6.07, 6.45) is 2.66. The number of carbonyl (C=O) groups is 1. The first-order chi connectivity index (χ1) is 13.8. The summed E-state index contributed by atoms with van der Waals surface area (Å²) >= 11 is 0. The second-order valence-electron chi connectivity index (χ2n) is 7.20. The summed E-state index contributed by atoms with van der Waals surface area (Å²) in [5.74, 6) is 0.649. The summed E-state index contributed by atoms with van der Waals surface area (Å²) in [5, 5.41) is 7.14. The maximum atomic E-state index is 12.5. The molecule has 144 valence electrons. The Morgan fingerprint density at radius 3 is 2.43 bits per heavy atom. The van der Waals surface area contributed by atoms with Gasteiger partial charge in [-0.05, 0) is 31.5 Å². The van der Waals surface area contributed by atoms with E-state index >= 15 is 0 Å². The van der Waals surface area contributed by atoms with Crippen molar-refractivity contribution in [1.82, 2.24) is 15.4 Å². The Hall–Kier alpha value is -2.92. The van der Waals surface area contributed by atoms with Crippen LogP contribution in [0.15, 0.2) is 71.3 Å². The molecule has 1 saturated heterocycles. The third-order valence-electron chi connectivity index (χ3n) is 5.22. The van der Waals surface area contributed by atoms with Crippen molar-refractivity contribution in [3.8, 4) is 11.3 Å². The lowest BCUT2D eigenvalue weighted by Crippen LogP contribution is -2.37. The van der Waals surface area contributed by atoms with E-state index in [0.29, 0.717) is 18.0 Å². The van der Waals surface area contributed by atoms with E-state index in [1.54, 1.807) is 0 Å². The van der Waals surface area contributed by atoms with E-state index in [1.165, 1.54) is 18.4 Å². The van der Waals surface area contributed by atoms with Gasteiger partial charge in [0.25, 0.3) is 0 Å². The van der Waals surface area contributed by atoms with Gasteiger partial charge in [0, 0.05) is 18.2 Å². The molecule has 2 heterocycles. The zero-order valence-corrected chi connectivity index (χ0v) is 15.9. The smallest absolute Gasteiger partial charge is 0.226 e. The van der Waals surface area contributed by atoms with Crippen molar-refractivity contribution in [2.75, 3.05) is 19.6 Å². The minimum absolute atomic E-state index is 0.0342. The van der Waals surface area contributed by atoms with Crippen LogP contribution in [0.1, 0.15) is 30.1 Å². The molecule has 1 amide bonds. The predicted molar refractivity (Wildman–Crippen MR) is 109 cm³/mol. The van der Waals surface area contributed by atoms with Crippen LogP contribution in [0.25, 0.3) is 11.3 Å². The minimum atomic E-state index is -0.0342. The number of likely N-dealkylation sites (tertiary alicyclic amines) is 1. The van der Waals surface area contributed by atoms with E-state index in [-0.39, 0.29) is 18.4 Å². The van der Waals surface area contributed by atoms with Gasteiger partial charge in [-0.3, -0.25) is 9.69 Å². The van der Waals surface area contributed by atoms with E-state index < -0.39 is 0 Å². The van der Waals surface area contributed by atoms with Gasteiger partial charge in [0.05, 0.1) is 18.2 Å². The van der Waals surface area contributed by atoms with Gasteiger partial charge >= 0.3 is 0 Å². The van der Waals surface area contributed by atoms with Gasteiger partial charge in [-0.1, -0.05) is 65.8 Å². The first-order valence-corrected chi connectivity index (χ1v) is 9.86. The molecule has 1 aliphatic heterocycles. The molecule has 0 bridgehead atoms. The Balaban J connectivity index is 1.37. The molecule has 1 N–H and O–H groups in total. The van der Waals surface area contributed by atoms with Gasteiger partial charge in [0.2, 0.25) is 5.91 Å². The summed E-state index contributed by atoms with van der Waals surface area (Å²) < 4.78 is 5.39. The lowest BCUT2D eigenvalue weighted by Gasteiger charge is -2.28. The highest BCUT2D eigenvalue weighted by Crippen LogP contribution is 2.24. The normalized spacial score (nSPS) is 15.4. The zero-order chi connectivity index (χ0) is 19.2. The molecule has 5 nitrogen and oxygen atoms in total. The topological polar surface area (TPSA) is 58.4 Å². The molecule has 0 aliphatic carbocycles. The van der Waals surface area contributed by atoms with Crippen molar-refractivity contribution in [3.63, 3.8) is 0 Å². The molecule has 1 unspecified atom stereocenters. The van der Waals surface area contributed by atoms with Crippen LogP contribution in [-0.4, -0.2) is 35.6 Å². The molecule has 1 aromatic heterocycles. The van der Waals surface area contributed by atoms with Crippen LogP contribution in [-0.2, 0) is 11.2 Å². The molecule has 0 saturated carbocycles. The van der Waals surface area contributed by atoms with Gasteiger partial charge in [0.1, 0.15) is 0 Å². The van der Waals surface area contributed by atoms with Crippen molar-refractivity contribution in [3.05, 3.63) is 78.0 Å². The molecule has 28 heavy (non-hydrogen) atoms. The predicted octanol–water partition coefficient (Wildman–Crippen LogP) is 3.84. The fourth-order valence-corrected chi connectivity index (χ4v) is 3.76. The SMILES string of the molecule is O=C(Cc1cc(-c2ccccc2)on1)NCC(c1ccccc1)N1CCCC1. The first kappa shape index (κ1) is 18.4. The van der Waals surface area contributed by atoms with Crippen molar-refractivity contribution in [1.29, 1.82) is 0 Å². The van der Waals surface area contributed by atoms with Crippen LogP contribution < -0.4 is 5.32 Å². The Bertz CT molecular complexity index is 886. The average Bonchev–Trinajstić information content (AvgIpc) is 3.42. The van der Waals surface area contributed by atoms with E-state index in [9.17, 15) is 4.79 Å². The van der Waals surface area contributed by atoms with E-state index in [1.807, 2.05) is 42.5 Å². The van der Waals surface area contributed by atoms with Gasteiger partial charge in [0.15, 0.2) is 5.76 Å². The van der Waals surface area contributed by atoms with Crippen LogP contribution in [0.3, 0.4) is 0 Å². The fourth-order valence-electron chi connectivity index (χ4n) is 3.76. The zero-order valence-electron chi connectivity index (χ0n) is 15.9. The second kappa shape index (κ2) is 8.85. The van der Waals surface area contributed by atoms with Crippen LogP contribution in [0.2, 0.25) is 0 Å². The van der Waals surface area contributed by atoms with Gasteiger partial charge in [-0.25, -0.2) is 0 Å². The van der Waals surface area contributed by atoms with Crippen LogP contribution >= 0.6 is 0 Å². The summed E-state index contributed by atoms with van der Waals surface area (Å²) in [4.78, 5) is 15.0. The van der Waals surface area contributed by atoms with E-state index in [2.05, 4.69) is 39.6 Å². The minimum Gasteiger partial charge on any atom is -0.356 e. The van der Waals surface area contributed by atoms with Crippen LogP contribution in [0.5, 0.6) is 0 Å². The number of hydrogen-bond acceptors (Lipinski definition) is 4. The van der Waals surface area contributed by atoms with Crippen molar-refractivity contribution in [2.24, 2.45) is 0 Å². The Morgan fingerprint density at radius 1 is 1.04 bits per heavy atom. The molecule has 3 aromatic rings. The number of carbonyl (C=O) groups excluding carboxylic acids is 1. The molecule has 4 rings (SSSR count). The number of amides is 1. The van der Waals surface area contributed by atoms with Gasteiger partial charge < -0.3 is 9.84 Å². The Labute approximate surface area is 165 Å². The lowest BCUT2D eigenvalue weighted by molar-refractivity contribution is -0.120. The van der Waals surface area contributed by atoms with Crippen molar-refractivity contribution in [2.45, 2.75) is 25.3 Å². The number of rotatable bonds is 7. The monoisotopic (exact) mass is 375 g/mol. The third kappa shape index (κ3) is 4.49. The summed E-state index contributed by atoms with van der Waals surface area (Å²) in [6, 6.07) is 22.2. The average molecular weight is 375 g/mol. The first-order valence-electron chi connectivity index (χ1n) is 9.86. The van der Waals surface area contributed by atoms with Gasteiger partial charge in [-0.2, -0.15) is 0 Å². The molecular weight excluding hydrogens is 350 g/mol. The number of nitrogens with zero attached hydrogens (tertiary/aromatic N) is 2.